The molecule has 1 saturated heterocycles. The fraction of sp³-hybridized carbons (Fsp3) is 0.350. The summed E-state index contributed by atoms with van der Waals surface area (Å²) in [6, 6.07) is 11.3. The molecule has 0 radical (unpaired) electrons. The van der Waals surface area contributed by atoms with Crippen LogP contribution >= 0.6 is 11.8 Å². The van der Waals surface area contributed by atoms with Crippen molar-refractivity contribution in [1.29, 1.82) is 0 Å². The zero-order valence-electron chi connectivity index (χ0n) is 15.9. The number of benzene rings is 2. The summed E-state index contributed by atoms with van der Waals surface area (Å²) in [5.74, 6) is 3.20. The largest absolute Gasteiger partial charge is 0.497 e. The molecule has 1 heterocycles. The van der Waals surface area contributed by atoms with E-state index in [2.05, 4.69) is 0 Å². The highest BCUT2D eigenvalue weighted by atomic mass is 32.2. The molecule has 1 fully saturated rings. The molecule has 1 aliphatic heterocycles. The first-order valence-electron chi connectivity index (χ1n) is 8.45. The first kappa shape index (κ1) is 19.2. The van der Waals surface area contributed by atoms with Gasteiger partial charge in [0.05, 0.1) is 40.7 Å². The molecule has 2 aromatic rings. The number of hydrogen-bond acceptors (Lipinski definition) is 6. The molecule has 0 aromatic heterocycles. The van der Waals surface area contributed by atoms with Crippen molar-refractivity contribution in [2.75, 3.05) is 34.2 Å². The lowest BCUT2D eigenvalue weighted by Gasteiger charge is -2.27. The van der Waals surface area contributed by atoms with Gasteiger partial charge in [0.1, 0.15) is 16.9 Å². The highest BCUT2D eigenvalue weighted by molar-refractivity contribution is 8.00. The predicted molar refractivity (Wildman–Crippen MR) is 105 cm³/mol. The Bertz CT molecular complexity index is 826. The van der Waals surface area contributed by atoms with Gasteiger partial charge in [-0.25, -0.2) is 0 Å². The third-order valence-electron chi connectivity index (χ3n) is 4.50. The van der Waals surface area contributed by atoms with Gasteiger partial charge in [0.25, 0.3) is 0 Å². The number of thioether (sulfide) groups is 1. The van der Waals surface area contributed by atoms with Crippen LogP contribution in [0.2, 0.25) is 0 Å². The summed E-state index contributed by atoms with van der Waals surface area (Å²) in [4.78, 5) is 14.4. The zero-order valence-corrected chi connectivity index (χ0v) is 16.7. The van der Waals surface area contributed by atoms with Crippen molar-refractivity contribution in [3.8, 4) is 23.0 Å². The molecule has 0 saturated carbocycles. The third kappa shape index (κ3) is 3.78. The minimum Gasteiger partial charge on any atom is -0.497 e. The molecule has 144 valence electrons. The molecular formula is C20H23NO5S. The third-order valence-corrected chi connectivity index (χ3v) is 5.74. The normalized spacial score (nSPS) is 16.4. The molecular weight excluding hydrogens is 366 g/mol. The van der Waals surface area contributed by atoms with Gasteiger partial charge in [0.15, 0.2) is 11.5 Å². The molecule has 0 bridgehead atoms. The van der Waals surface area contributed by atoms with E-state index in [1.165, 1.54) is 0 Å². The molecule has 7 heteroatoms. The van der Waals surface area contributed by atoms with Gasteiger partial charge < -0.3 is 23.8 Å². The van der Waals surface area contributed by atoms with E-state index in [1.807, 2.05) is 41.3 Å². The van der Waals surface area contributed by atoms with Crippen LogP contribution in [0.25, 0.3) is 0 Å². The summed E-state index contributed by atoms with van der Waals surface area (Å²) in [5, 5.41) is -0.158. The molecule has 3 rings (SSSR count). The van der Waals surface area contributed by atoms with Crippen LogP contribution in [0.5, 0.6) is 23.0 Å². The lowest BCUT2D eigenvalue weighted by atomic mass is 10.1. The molecule has 0 aliphatic carbocycles. The predicted octanol–water partition coefficient (Wildman–Crippen LogP) is 3.50. The first-order valence-corrected chi connectivity index (χ1v) is 9.50. The number of para-hydroxylation sites is 1. The minimum atomic E-state index is -0.158. The van der Waals surface area contributed by atoms with Crippen molar-refractivity contribution in [2.24, 2.45) is 0 Å². The van der Waals surface area contributed by atoms with Crippen molar-refractivity contribution < 1.29 is 23.7 Å². The summed E-state index contributed by atoms with van der Waals surface area (Å²) < 4.78 is 21.7. The Kier molecular flexibility index (Phi) is 6.01. The lowest BCUT2D eigenvalue weighted by molar-refractivity contribution is -0.128. The van der Waals surface area contributed by atoms with Gasteiger partial charge in [-0.05, 0) is 18.2 Å². The smallest absolute Gasteiger partial charge is 0.234 e. The minimum absolute atomic E-state index is 0.0766. The van der Waals surface area contributed by atoms with E-state index in [4.69, 9.17) is 18.9 Å². The summed E-state index contributed by atoms with van der Waals surface area (Å²) in [5.41, 5.74) is 1.83. The highest BCUT2D eigenvalue weighted by Crippen LogP contribution is 2.46. The highest BCUT2D eigenvalue weighted by Gasteiger charge is 2.35. The average Bonchev–Trinajstić information content (AvgIpc) is 3.07. The number of nitrogens with zero attached hydrogens (tertiary/aromatic N) is 1. The van der Waals surface area contributed by atoms with Gasteiger partial charge in [-0.3, -0.25) is 4.79 Å². The van der Waals surface area contributed by atoms with Crippen molar-refractivity contribution >= 4 is 17.7 Å². The number of methoxy groups -OCH3 is 4. The van der Waals surface area contributed by atoms with Gasteiger partial charge in [-0.15, -0.1) is 11.8 Å². The SMILES string of the molecule is COc1ccc(CN2C(=O)CSC2c2cccc(OC)c2OC)c(OC)c1. The van der Waals surface area contributed by atoms with Gasteiger partial charge in [0.2, 0.25) is 5.91 Å². The Balaban J connectivity index is 1.95. The number of amides is 1. The topological polar surface area (TPSA) is 57.2 Å². The van der Waals surface area contributed by atoms with Crippen LogP contribution in [0.3, 0.4) is 0 Å². The van der Waals surface area contributed by atoms with Crippen LogP contribution in [-0.4, -0.2) is 45.0 Å². The summed E-state index contributed by atoms with van der Waals surface area (Å²) in [6.07, 6.45) is 0. The summed E-state index contributed by atoms with van der Waals surface area (Å²) >= 11 is 1.58. The number of ether oxygens (including phenoxy) is 4. The van der Waals surface area contributed by atoms with E-state index in [0.717, 1.165) is 11.1 Å². The fourth-order valence-electron chi connectivity index (χ4n) is 3.16. The van der Waals surface area contributed by atoms with Crippen LogP contribution < -0.4 is 18.9 Å². The van der Waals surface area contributed by atoms with E-state index >= 15 is 0 Å². The standard InChI is InChI=1S/C20H23NO5S/c1-23-14-9-8-13(17(10-14)25-3)11-21-18(22)12-27-20(21)15-6-5-7-16(24-2)19(15)26-4/h5-10,20H,11-12H2,1-4H3. The molecule has 1 amide bonds. The van der Waals surface area contributed by atoms with Gasteiger partial charge in [-0.1, -0.05) is 12.1 Å². The van der Waals surface area contributed by atoms with Crippen LogP contribution in [0, 0.1) is 0 Å². The second-order valence-electron chi connectivity index (χ2n) is 5.95. The van der Waals surface area contributed by atoms with Crippen LogP contribution in [0.15, 0.2) is 36.4 Å². The monoisotopic (exact) mass is 389 g/mol. The lowest BCUT2D eigenvalue weighted by Crippen LogP contribution is -2.28. The van der Waals surface area contributed by atoms with Crippen LogP contribution in [-0.2, 0) is 11.3 Å². The molecule has 27 heavy (non-hydrogen) atoms. The van der Waals surface area contributed by atoms with Crippen molar-refractivity contribution in [3.05, 3.63) is 47.5 Å². The fourth-order valence-corrected chi connectivity index (χ4v) is 4.36. The van der Waals surface area contributed by atoms with Gasteiger partial charge >= 0.3 is 0 Å². The van der Waals surface area contributed by atoms with Crippen LogP contribution in [0.4, 0.5) is 0 Å². The van der Waals surface area contributed by atoms with E-state index in [9.17, 15) is 4.79 Å². The van der Waals surface area contributed by atoms with Crippen LogP contribution in [0.1, 0.15) is 16.5 Å². The molecule has 1 atom stereocenters. The maximum atomic E-state index is 12.6. The van der Waals surface area contributed by atoms with Gasteiger partial charge in [0, 0.05) is 17.2 Å². The quantitative estimate of drug-likeness (QED) is 0.723. The second-order valence-corrected chi connectivity index (χ2v) is 7.01. The Morgan fingerprint density at radius 2 is 1.78 bits per heavy atom. The maximum absolute atomic E-state index is 12.6. The molecule has 6 nitrogen and oxygen atoms in total. The Labute approximate surface area is 163 Å². The number of rotatable bonds is 7. The molecule has 0 N–H and O–H groups in total. The number of carbonyl (C=O) groups is 1. The van der Waals surface area contributed by atoms with E-state index in [-0.39, 0.29) is 11.3 Å². The summed E-state index contributed by atoms with van der Waals surface area (Å²) in [7, 11) is 6.44. The van der Waals surface area contributed by atoms with Crippen molar-refractivity contribution in [3.63, 3.8) is 0 Å². The van der Waals surface area contributed by atoms with Gasteiger partial charge in [-0.2, -0.15) is 0 Å². The van der Waals surface area contributed by atoms with E-state index in [1.54, 1.807) is 40.2 Å². The maximum Gasteiger partial charge on any atom is 0.234 e. The molecule has 1 aliphatic rings. The summed E-state index contributed by atoms with van der Waals surface area (Å²) in [6.45, 7) is 0.435. The second kappa shape index (κ2) is 8.43. The number of hydrogen-bond donors (Lipinski definition) is 0. The first-order chi connectivity index (χ1) is 13.1. The zero-order chi connectivity index (χ0) is 19.4. The Hall–Kier alpha value is -2.54. The average molecular weight is 389 g/mol. The molecule has 2 aromatic carbocycles. The van der Waals surface area contributed by atoms with E-state index in [0.29, 0.717) is 35.3 Å². The Morgan fingerprint density at radius 1 is 1.00 bits per heavy atom. The van der Waals surface area contributed by atoms with E-state index < -0.39 is 0 Å². The Morgan fingerprint density at radius 3 is 2.44 bits per heavy atom. The molecule has 0 spiro atoms. The molecule has 1 unspecified atom stereocenters. The van der Waals surface area contributed by atoms with Crippen molar-refractivity contribution in [1.82, 2.24) is 4.90 Å². The number of carbonyl (C=O) groups excluding carboxylic acids is 1. The van der Waals surface area contributed by atoms with Crippen molar-refractivity contribution in [2.45, 2.75) is 11.9 Å².